The van der Waals surface area contributed by atoms with E-state index in [0.29, 0.717) is 17.4 Å². The first kappa shape index (κ1) is 11.6. The lowest BCUT2D eigenvalue weighted by molar-refractivity contribution is 0.620. The van der Waals surface area contributed by atoms with Crippen molar-refractivity contribution in [3.05, 3.63) is 41.8 Å². The maximum absolute atomic E-state index is 13.1. The first-order valence-electron chi connectivity index (χ1n) is 5.66. The van der Waals surface area contributed by atoms with Gasteiger partial charge in [-0.25, -0.2) is 9.07 Å². The van der Waals surface area contributed by atoms with Crippen molar-refractivity contribution in [3.8, 4) is 5.69 Å². The van der Waals surface area contributed by atoms with Crippen LogP contribution in [0, 0.1) is 11.7 Å². The second-order valence-electron chi connectivity index (χ2n) is 4.55. The molecule has 0 radical (unpaired) electrons. The van der Waals surface area contributed by atoms with E-state index in [9.17, 15) is 4.39 Å². The van der Waals surface area contributed by atoms with Crippen molar-refractivity contribution in [1.82, 2.24) is 9.78 Å². The van der Waals surface area contributed by atoms with E-state index in [1.807, 2.05) is 6.07 Å². The summed E-state index contributed by atoms with van der Waals surface area (Å²) in [6.07, 6.45) is 0.868. The Morgan fingerprint density at radius 1 is 1.35 bits per heavy atom. The highest BCUT2D eigenvalue weighted by Gasteiger charge is 2.08. The lowest BCUT2D eigenvalue weighted by Crippen LogP contribution is -2.02. The summed E-state index contributed by atoms with van der Waals surface area (Å²) in [4.78, 5) is 0. The second-order valence-corrected chi connectivity index (χ2v) is 4.55. The van der Waals surface area contributed by atoms with E-state index in [-0.39, 0.29) is 5.82 Å². The Hall–Kier alpha value is -1.84. The van der Waals surface area contributed by atoms with E-state index in [2.05, 4.69) is 18.9 Å². The second kappa shape index (κ2) is 4.57. The number of nitrogens with zero attached hydrogens (tertiary/aromatic N) is 2. The Bertz CT molecular complexity index is 517. The molecule has 0 aliphatic rings. The molecular formula is C13H16FN3. The Morgan fingerprint density at radius 3 is 2.76 bits per heavy atom. The first-order valence-corrected chi connectivity index (χ1v) is 5.66. The molecule has 1 aromatic carbocycles. The largest absolute Gasteiger partial charge is 0.384 e. The van der Waals surface area contributed by atoms with Gasteiger partial charge in [-0.2, -0.15) is 5.10 Å². The summed E-state index contributed by atoms with van der Waals surface area (Å²) < 4.78 is 14.7. The van der Waals surface area contributed by atoms with Crippen LogP contribution >= 0.6 is 0 Å². The van der Waals surface area contributed by atoms with Crippen molar-refractivity contribution < 1.29 is 4.39 Å². The molecule has 0 amide bonds. The van der Waals surface area contributed by atoms with Crippen LogP contribution in [0.5, 0.6) is 0 Å². The van der Waals surface area contributed by atoms with Gasteiger partial charge in [-0.05, 0) is 30.5 Å². The SMILES string of the molecule is CC(C)Cc1cc(N)n(-c2cccc(F)c2)n1. The fraction of sp³-hybridized carbons (Fsp3) is 0.308. The molecule has 2 rings (SSSR count). The molecule has 90 valence electrons. The van der Waals surface area contributed by atoms with Gasteiger partial charge in [-0.1, -0.05) is 19.9 Å². The van der Waals surface area contributed by atoms with E-state index < -0.39 is 0 Å². The molecule has 0 saturated carbocycles. The van der Waals surface area contributed by atoms with Crippen molar-refractivity contribution in [2.24, 2.45) is 5.92 Å². The Morgan fingerprint density at radius 2 is 2.12 bits per heavy atom. The predicted molar refractivity (Wildman–Crippen MR) is 66.5 cm³/mol. The summed E-state index contributed by atoms with van der Waals surface area (Å²) in [5.41, 5.74) is 7.46. The number of benzene rings is 1. The molecule has 2 N–H and O–H groups in total. The van der Waals surface area contributed by atoms with Crippen LogP contribution in [0.4, 0.5) is 10.2 Å². The van der Waals surface area contributed by atoms with Gasteiger partial charge in [0.1, 0.15) is 11.6 Å². The van der Waals surface area contributed by atoms with Gasteiger partial charge in [-0.15, -0.1) is 0 Å². The summed E-state index contributed by atoms with van der Waals surface area (Å²) >= 11 is 0. The molecule has 0 atom stereocenters. The number of nitrogen functional groups attached to an aromatic ring is 1. The van der Waals surface area contributed by atoms with E-state index in [0.717, 1.165) is 12.1 Å². The van der Waals surface area contributed by atoms with E-state index in [1.165, 1.54) is 12.1 Å². The van der Waals surface area contributed by atoms with Crippen LogP contribution in [0.15, 0.2) is 30.3 Å². The highest BCUT2D eigenvalue weighted by molar-refractivity contribution is 5.43. The number of halogens is 1. The number of nitrogens with two attached hydrogens (primary N) is 1. The summed E-state index contributed by atoms with van der Waals surface area (Å²) in [5, 5.41) is 4.39. The highest BCUT2D eigenvalue weighted by atomic mass is 19.1. The molecule has 0 aliphatic heterocycles. The minimum atomic E-state index is -0.289. The maximum Gasteiger partial charge on any atom is 0.127 e. The van der Waals surface area contributed by atoms with Crippen LogP contribution in [-0.2, 0) is 6.42 Å². The molecule has 3 nitrogen and oxygen atoms in total. The first-order chi connectivity index (χ1) is 8.06. The van der Waals surface area contributed by atoms with Crippen LogP contribution in [0.2, 0.25) is 0 Å². The third-order valence-electron chi connectivity index (χ3n) is 2.46. The molecule has 0 fully saturated rings. The Labute approximate surface area is 100 Å². The van der Waals surface area contributed by atoms with Crippen LogP contribution < -0.4 is 5.73 Å². The monoisotopic (exact) mass is 233 g/mol. The van der Waals surface area contributed by atoms with Crippen LogP contribution in [0.25, 0.3) is 5.69 Å². The average Bonchev–Trinajstić information content (AvgIpc) is 2.58. The minimum Gasteiger partial charge on any atom is -0.384 e. The van der Waals surface area contributed by atoms with Gasteiger partial charge in [0.05, 0.1) is 11.4 Å². The van der Waals surface area contributed by atoms with Crippen molar-refractivity contribution in [2.45, 2.75) is 20.3 Å². The Balaban J connectivity index is 2.36. The van der Waals surface area contributed by atoms with Crippen LogP contribution in [0.3, 0.4) is 0 Å². The molecule has 1 aromatic heterocycles. The zero-order chi connectivity index (χ0) is 12.4. The fourth-order valence-corrected chi connectivity index (χ4v) is 1.78. The minimum absolute atomic E-state index is 0.289. The molecule has 1 heterocycles. The summed E-state index contributed by atoms with van der Waals surface area (Å²) in [6.45, 7) is 4.24. The normalized spacial score (nSPS) is 11.1. The molecule has 0 aliphatic carbocycles. The van der Waals surface area contributed by atoms with E-state index in [1.54, 1.807) is 16.8 Å². The quantitative estimate of drug-likeness (QED) is 0.885. The number of hydrogen-bond acceptors (Lipinski definition) is 2. The van der Waals surface area contributed by atoms with Gasteiger partial charge in [0.15, 0.2) is 0 Å². The summed E-state index contributed by atoms with van der Waals surface area (Å²) in [5.74, 6) is 0.763. The third-order valence-corrected chi connectivity index (χ3v) is 2.46. The molecule has 17 heavy (non-hydrogen) atoms. The number of aromatic nitrogens is 2. The van der Waals surface area contributed by atoms with Gasteiger partial charge in [0, 0.05) is 6.07 Å². The zero-order valence-electron chi connectivity index (χ0n) is 10.0. The lowest BCUT2D eigenvalue weighted by atomic mass is 10.1. The highest BCUT2D eigenvalue weighted by Crippen LogP contribution is 2.17. The molecule has 2 aromatic rings. The summed E-state index contributed by atoms with van der Waals surface area (Å²) in [6, 6.07) is 8.09. The van der Waals surface area contributed by atoms with Gasteiger partial charge < -0.3 is 5.73 Å². The average molecular weight is 233 g/mol. The number of hydrogen-bond donors (Lipinski definition) is 1. The number of rotatable bonds is 3. The van der Waals surface area contributed by atoms with Gasteiger partial charge >= 0.3 is 0 Å². The van der Waals surface area contributed by atoms with Gasteiger partial charge in [0.2, 0.25) is 0 Å². The molecule has 0 spiro atoms. The summed E-state index contributed by atoms with van der Waals surface area (Å²) in [7, 11) is 0. The topological polar surface area (TPSA) is 43.8 Å². The standard InChI is InChI=1S/C13H16FN3/c1-9(2)6-11-8-13(15)17(16-11)12-5-3-4-10(14)7-12/h3-5,7-9H,6,15H2,1-2H3. The third kappa shape index (κ3) is 2.64. The van der Waals surface area contributed by atoms with Gasteiger partial charge in [0.25, 0.3) is 0 Å². The van der Waals surface area contributed by atoms with Crippen molar-refractivity contribution in [3.63, 3.8) is 0 Å². The van der Waals surface area contributed by atoms with Crippen molar-refractivity contribution in [2.75, 3.05) is 5.73 Å². The Kier molecular flexibility index (Phi) is 3.13. The maximum atomic E-state index is 13.1. The lowest BCUT2D eigenvalue weighted by Gasteiger charge is -2.03. The molecular weight excluding hydrogens is 217 g/mol. The van der Waals surface area contributed by atoms with E-state index >= 15 is 0 Å². The molecule has 0 unspecified atom stereocenters. The predicted octanol–water partition coefficient (Wildman–Crippen LogP) is 2.79. The fourth-order valence-electron chi connectivity index (χ4n) is 1.78. The van der Waals surface area contributed by atoms with Crippen molar-refractivity contribution >= 4 is 5.82 Å². The molecule has 0 bridgehead atoms. The smallest absolute Gasteiger partial charge is 0.127 e. The van der Waals surface area contributed by atoms with Crippen molar-refractivity contribution in [1.29, 1.82) is 0 Å². The molecule has 4 heteroatoms. The van der Waals surface area contributed by atoms with Crippen LogP contribution in [0.1, 0.15) is 19.5 Å². The van der Waals surface area contributed by atoms with Gasteiger partial charge in [-0.3, -0.25) is 0 Å². The number of anilines is 1. The van der Waals surface area contributed by atoms with E-state index in [4.69, 9.17) is 5.73 Å². The van der Waals surface area contributed by atoms with Crippen LogP contribution in [-0.4, -0.2) is 9.78 Å². The molecule has 0 saturated heterocycles. The zero-order valence-corrected chi connectivity index (χ0v) is 10.0.